The van der Waals surface area contributed by atoms with Crippen LogP contribution in [0.25, 0.3) is 17.1 Å². The van der Waals surface area contributed by atoms with E-state index in [0.29, 0.717) is 11.5 Å². The van der Waals surface area contributed by atoms with Gasteiger partial charge in [0.15, 0.2) is 5.82 Å². The lowest BCUT2D eigenvalue weighted by Crippen LogP contribution is -2.21. The molecule has 0 aliphatic carbocycles. The van der Waals surface area contributed by atoms with E-state index in [1.807, 2.05) is 30.3 Å². The van der Waals surface area contributed by atoms with Crippen molar-refractivity contribution in [3.8, 4) is 17.1 Å². The van der Waals surface area contributed by atoms with E-state index in [0.717, 1.165) is 5.56 Å². The fraction of sp³-hybridized carbons (Fsp3) is 0. The van der Waals surface area contributed by atoms with Crippen LogP contribution in [0.15, 0.2) is 83.8 Å². The van der Waals surface area contributed by atoms with Gasteiger partial charge in [0.25, 0.3) is 5.95 Å². The number of nitrogens with one attached hydrogen (secondary N) is 2. The number of hydrogen-bond donors (Lipinski definition) is 3. The van der Waals surface area contributed by atoms with E-state index in [4.69, 9.17) is 5.14 Å². The minimum atomic E-state index is -3.91. The van der Waals surface area contributed by atoms with Crippen molar-refractivity contribution in [2.45, 2.75) is 4.90 Å². The second-order valence-electron chi connectivity index (χ2n) is 6.67. The first-order valence-corrected chi connectivity index (χ1v) is 10.8. The van der Waals surface area contributed by atoms with E-state index in [-0.39, 0.29) is 16.5 Å². The average Bonchev–Trinajstić information content (AvgIpc) is 3.18. The fourth-order valence-corrected chi connectivity index (χ4v) is 3.48. The van der Waals surface area contributed by atoms with Gasteiger partial charge in [0.2, 0.25) is 10.0 Å². The van der Waals surface area contributed by atoms with Gasteiger partial charge in [-0.3, -0.25) is 5.32 Å². The molecule has 4 N–H and O–H groups in total. The molecule has 32 heavy (non-hydrogen) atoms. The Labute approximate surface area is 182 Å². The van der Waals surface area contributed by atoms with Gasteiger partial charge in [-0.1, -0.05) is 36.4 Å². The molecule has 0 atom stereocenters. The van der Waals surface area contributed by atoms with Gasteiger partial charge < -0.3 is 5.32 Å². The molecular formula is C21H17FN6O3S. The van der Waals surface area contributed by atoms with Gasteiger partial charge in [-0.2, -0.15) is 4.98 Å². The first kappa shape index (κ1) is 21.2. The maximum Gasteiger partial charge on any atom is 0.326 e. The lowest BCUT2D eigenvalue weighted by atomic mass is 10.2. The molecular weight excluding hydrogens is 435 g/mol. The SMILES string of the molecule is NS(=O)(=O)c1cccc(NC(=O)Nc2nc(-c3ccccc3)n(-c3ccc(F)cc3)n2)c1. The van der Waals surface area contributed by atoms with Crippen LogP contribution in [0.1, 0.15) is 0 Å². The monoisotopic (exact) mass is 452 g/mol. The summed E-state index contributed by atoms with van der Waals surface area (Å²) in [6.45, 7) is 0. The summed E-state index contributed by atoms with van der Waals surface area (Å²) < 4.78 is 37.8. The average molecular weight is 452 g/mol. The number of primary sulfonamides is 1. The van der Waals surface area contributed by atoms with Crippen LogP contribution in [0.2, 0.25) is 0 Å². The second-order valence-corrected chi connectivity index (χ2v) is 8.23. The molecule has 0 saturated carbocycles. The first-order chi connectivity index (χ1) is 15.3. The number of halogens is 1. The van der Waals surface area contributed by atoms with E-state index >= 15 is 0 Å². The molecule has 0 aliphatic heterocycles. The number of sulfonamides is 1. The van der Waals surface area contributed by atoms with Gasteiger partial charge in [-0.25, -0.2) is 27.4 Å². The van der Waals surface area contributed by atoms with Gasteiger partial charge in [-0.05, 0) is 42.5 Å². The predicted molar refractivity (Wildman–Crippen MR) is 117 cm³/mol. The van der Waals surface area contributed by atoms with Crippen molar-refractivity contribution < 1.29 is 17.6 Å². The number of nitrogens with two attached hydrogens (primary N) is 1. The van der Waals surface area contributed by atoms with Gasteiger partial charge in [0.05, 0.1) is 10.6 Å². The van der Waals surface area contributed by atoms with Crippen LogP contribution in [-0.2, 0) is 10.0 Å². The number of nitrogens with zero attached hydrogens (tertiary/aromatic N) is 3. The zero-order valence-corrected chi connectivity index (χ0v) is 17.3. The molecule has 0 saturated heterocycles. The number of rotatable bonds is 5. The molecule has 4 rings (SSSR count). The molecule has 4 aromatic rings. The van der Waals surface area contributed by atoms with E-state index in [1.165, 1.54) is 41.1 Å². The number of amides is 2. The van der Waals surface area contributed by atoms with E-state index < -0.39 is 21.9 Å². The van der Waals surface area contributed by atoms with Crippen LogP contribution in [0.4, 0.5) is 20.8 Å². The Kier molecular flexibility index (Phi) is 5.67. The second kappa shape index (κ2) is 8.57. The third kappa shape index (κ3) is 4.79. The van der Waals surface area contributed by atoms with Crippen molar-refractivity contribution in [3.05, 3.63) is 84.7 Å². The van der Waals surface area contributed by atoms with Crippen LogP contribution in [-0.4, -0.2) is 29.2 Å². The number of carbonyl (C=O) groups excluding carboxylic acids is 1. The summed E-state index contributed by atoms with van der Waals surface area (Å²) in [6, 6.07) is 19.7. The quantitative estimate of drug-likeness (QED) is 0.427. The summed E-state index contributed by atoms with van der Waals surface area (Å²) in [6.07, 6.45) is 0. The lowest BCUT2D eigenvalue weighted by Gasteiger charge is -2.06. The van der Waals surface area contributed by atoms with Gasteiger partial charge in [-0.15, -0.1) is 5.10 Å². The standard InChI is InChI=1S/C21H17FN6O3S/c22-15-9-11-17(12-10-15)28-19(14-5-2-1-3-6-14)25-20(27-28)26-21(29)24-16-7-4-8-18(13-16)32(23,30)31/h1-13H,(H2,23,30,31)(H2,24,26,27,29). The number of urea groups is 1. The molecule has 3 aromatic carbocycles. The Bertz CT molecular complexity index is 1370. The zero-order valence-electron chi connectivity index (χ0n) is 16.4. The Hall–Kier alpha value is -4.09. The smallest absolute Gasteiger partial charge is 0.308 e. The summed E-state index contributed by atoms with van der Waals surface area (Å²) in [5, 5.41) is 14.5. The lowest BCUT2D eigenvalue weighted by molar-refractivity contribution is 0.262. The molecule has 0 aliphatic rings. The maximum absolute atomic E-state index is 13.4. The summed E-state index contributed by atoms with van der Waals surface area (Å²) in [7, 11) is -3.91. The Morgan fingerprint density at radius 1 is 0.938 bits per heavy atom. The number of benzene rings is 3. The van der Waals surface area contributed by atoms with Crippen molar-refractivity contribution >= 4 is 27.7 Å². The van der Waals surface area contributed by atoms with Crippen LogP contribution < -0.4 is 15.8 Å². The summed E-state index contributed by atoms with van der Waals surface area (Å²) in [4.78, 5) is 16.7. The molecule has 0 radical (unpaired) electrons. The number of aromatic nitrogens is 3. The van der Waals surface area contributed by atoms with Gasteiger partial charge >= 0.3 is 6.03 Å². The van der Waals surface area contributed by atoms with Crippen LogP contribution >= 0.6 is 0 Å². The summed E-state index contributed by atoms with van der Waals surface area (Å²) in [5.74, 6) is 0.0339. The zero-order chi connectivity index (χ0) is 22.7. The predicted octanol–water partition coefficient (Wildman–Crippen LogP) is 3.36. The van der Waals surface area contributed by atoms with E-state index in [9.17, 15) is 17.6 Å². The molecule has 11 heteroatoms. The van der Waals surface area contributed by atoms with Crippen LogP contribution in [0.3, 0.4) is 0 Å². The highest BCUT2D eigenvalue weighted by molar-refractivity contribution is 7.89. The maximum atomic E-state index is 13.4. The first-order valence-electron chi connectivity index (χ1n) is 9.29. The van der Waals surface area contributed by atoms with E-state index in [1.54, 1.807) is 12.1 Å². The molecule has 9 nitrogen and oxygen atoms in total. The molecule has 1 heterocycles. The number of anilines is 2. The summed E-state index contributed by atoms with van der Waals surface area (Å²) in [5.41, 5.74) is 1.50. The minimum absolute atomic E-state index is 0.00622. The fourth-order valence-electron chi connectivity index (χ4n) is 2.92. The Morgan fingerprint density at radius 2 is 1.66 bits per heavy atom. The minimum Gasteiger partial charge on any atom is -0.308 e. The molecule has 2 amide bonds. The van der Waals surface area contributed by atoms with Crippen molar-refractivity contribution in [3.63, 3.8) is 0 Å². The van der Waals surface area contributed by atoms with Crippen molar-refractivity contribution in [1.82, 2.24) is 14.8 Å². The molecule has 0 fully saturated rings. The van der Waals surface area contributed by atoms with Crippen LogP contribution in [0.5, 0.6) is 0 Å². The van der Waals surface area contributed by atoms with Gasteiger partial charge in [0, 0.05) is 11.3 Å². The Morgan fingerprint density at radius 3 is 2.34 bits per heavy atom. The normalized spacial score (nSPS) is 11.2. The third-order valence-corrected chi connectivity index (χ3v) is 5.27. The largest absolute Gasteiger partial charge is 0.326 e. The highest BCUT2D eigenvalue weighted by Crippen LogP contribution is 2.23. The number of hydrogen-bond acceptors (Lipinski definition) is 5. The highest BCUT2D eigenvalue weighted by atomic mass is 32.2. The van der Waals surface area contributed by atoms with Crippen molar-refractivity contribution in [2.24, 2.45) is 5.14 Å². The number of carbonyl (C=O) groups is 1. The topological polar surface area (TPSA) is 132 Å². The molecule has 1 aromatic heterocycles. The van der Waals surface area contributed by atoms with Gasteiger partial charge in [0.1, 0.15) is 5.82 Å². The molecule has 0 bridgehead atoms. The van der Waals surface area contributed by atoms with Crippen LogP contribution in [0, 0.1) is 5.82 Å². The molecule has 0 spiro atoms. The Balaban J connectivity index is 1.62. The van der Waals surface area contributed by atoms with Crippen molar-refractivity contribution in [2.75, 3.05) is 10.6 Å². The molecule has 0 unspecified atom stereocenters. The summed E-state index contributed by atoms with van der Waals surface area (Å²) >= 11 is 0. The third-order valence-electron chi connectivity index (χ3n) is 4.36. The molecule has 162 valence electrons. The van der Waals surface area contributed by atoms with E-state index in [2.05, 4.69) is 20.7 Å². The highest BCUT2D eigenvalue weighted by Gasteiger charge is 2.16. The van der Waals surface area contributed by atoms with Crippen molar-refractivity contribution in [1.29, 1.82) is 0 Å².